The smallest absolute Gasteiger partial charge is 0.312 e. The van der Waals surface area contributed by atoms with Gasteiger partial charge in [-0.1, -0.05) is 12.0 Å². The lowest BCUT2D eigenvalue weighted by Gasteiger charge is -2.51. The van der Waals surface area contributed by atoms with Crippen molar-refractivity contribution in [3.63, 3.8) is 0 Å². The molecular formula is C16H16O3. The number of benzene rings is 1. The minimum Gasteiger partial charge on any atom is -0.323 e. The van der Waals surface area contributed by atoms with Crippen LogP contribution in [0.4, 0.5) is 0 Å². The van der Waals surface area contributed by atoms with Crippen LogP contribution in [-0.2, 0) is 20.2 Å². The van der Waals surface area contributed by atoms with Gasteiger partial charge < -0.3 is 14.2 Å². The minimum atomic E-state index is -1.06. The summed E-state index contributed by atoms with van der Waals surface area (Å²) in [5.41, 5.74) is 1.59. The van der Waals surface area contributed by atoms with Crippen molar-refractivity contribution in [3.8, 4) is 12.3 Å². The molecule has 2 bridgehead atoms. The fourth-order valence-corrected chi connectivity index (χ4v) is 2.50. The first kappa shape index (κ1) is 12.4. The molecule has 1 aromatic rings. The van der Waals surface area contributed by atoms with Crippen molar-refractivity contribution < 1.29 is 14.2 Å². The molecule has 4 rings (SSSR count). The SMILES string of the molecule is C#Cc1ccc(C23OCC(CC=C)(CO2)CO3)cc1. The number of allylic oxidation sites excluding steroid dienone is 1. The van der Waals surface area contributed by atoms with E-state index < -0.39 is 5.97 Å². The normalized spacial score (nSPS) is 32.8. The number of hydrogen-bond donors (Lipinski definition) is 0. The quantitative estimate of drug-likeness (QED) is 0.614. The molecule has 3 heterocycles. The molecule has 0 saturated carbocycles. The predicted octanol–water partition coefficient (Wildman–Crippen LogP) is 2.42. The number of terminal acetylenes is 1. The third-order valence-corrected chi connectivity index (χ3v) is 3.69. The molecule has 0 aromatic heterocycles. The first-order valence-electron chi connectivity index (χ1n) is 6.32. The minimum absolute atomic E-state index is 0.0811. The Bertz CT molecular complexity index is 499. The van der Waals surface area contributed by atoms with Gasteiger partial charge in [0.25, 0.3) is 0 Å². The van der Waals surface area contributed by atoms with Crippen LogP contribution >= 0.6 is 0 Å². The zero-order chi connectivity index (χ0) is 13.3. The second-order valence-corrected chi connectivity index (χ2v) is 5.14. The average Bonchev–Trinajstić information content (AvgIpc) is 2.49. The van der Waals surface area contributed by atoms with Crippen molar-refractivity contribution in [1.29, 1.82) is 0 Å². The third kappa shape index (κ3) is 1.98. The summed E-state index contributed by atoms with van der Waals surface area (Å²) in [5.74, 6) is 1.53. The third-order valence-electron chi connectivity index (χ3n) is 3.69. The molecule has 3 aliphatic heterocycles. The van der Waals surface area contributed by atoms with Gasteiger partial charge in [0.05, 0.1) is 19.8 Å². The van der Waals surface area contributed by atoms with Gasteiger partial charge in [0.1, 0.15) is 0 Å². The first-order valence-corrected chi connectivity index (χ1v) is 6.32. The molecule has 0 aliphatic carbocycles. The molecule has 19 heavy (non-hydrogen) atoms. The largest absolute Gasteiger partial charge is 0.323 e. The van der Waals surface area contributed by atoms with Crippen molar-refractivity contribution in [2.75, 3.05) is 19.8 Å². The maximum Gasteiger partial charge on any atom is 0.312 e. The lowest BCUT2D eigenvalue weighted by Crippen LogP contribution is -2.58. The summed E-state index contributed by atoms with van der Waals surface area (Å²) in [5, 5.41) is 0. The van der Waals surface area contributed by atoms with E-state index in [1.54, 1.807) is 0 Å². The van der Waals surface area contributed by atoms with Crippen LogP contribution in [0, 0.1) is 17.8 Å². The Morgan fingerprint density at radius 3 is 2.21 bits per heavy atom. The van der Waals surface area contributed by atoms with E-state index in [1.165, 1.54) is 0 Å². The van der Waals surface area contributed by atoms with Gasteiger partial charge in [0.2, 0.25) is 0 Å². The van der Waals surface area contributed by atoms with E-state index >= 15 is 0 Å². The summed E-state index contributed by atoms with van der Waals surface area (Å²) in [6, 6.07) is 7.50. The molecule has 0 radical (unpaired) electrons. The number of fused-ring (bicyclic) bond motifs is 3. The molecule has 0 spiro atoms. The van der Waals surface area contributed by atoms with Crippen molar-refractivity contribution in [1.82, 2.24) is 0 Å². The molecule has 3 fully saturated rings. The maximum absolute atomic E-state index is 5.84. The summed E-state index contributed by atoms with van der Waals surface area (Å²) >= 11 is 0. The van der Waals surface area contributed by atoms with E-state index in [-0.39, 0.29) is 5.41 Å². The lowest BCUT2D eigenvalue weighted by molar-refractivity contribution is -0.479. The Labute approximate surface area is 113 Å². The van der Waals surface area contributed by atoms with Crippen LogP contribution in [0.25, 0.3) is 0 Å². The Balaban J connectivity index is 1.83. The molecule has 0 atom stereocenters. The van der Waals surface area contributed by atoms with E-state index in [2.05, 4.69) is 12.5 Å². The van der Waals surface area contributed by atoms with E-state index in [9.17, 15) is 0 Å². The standard InChI is InChI=1S/C16H16O3/c1-3-9-15-10-17-16(18-11-15,19-12-15)14-7-5-13(4-2)6-8-14/h2-3,5-8H,1,9-12H2. The molecule has 3 nitrogen and oxygen atoms in total. The fraction of sp³-hybridized carbons (Fsp3) is 0.375. The van der Waals surface area contributed by atoms with Gasteiger partial charge in [-0.15, -0.1) is 13.0 Å². The molecular weight excluding hydrogens is 240 g/mol. The molecule has 0 unspecified atom stereocenters. The molecule has 3 heteroatoms. The summed E-state index contributed by atoms with van der Waals surface area (Å²) in [6.45, 7) is 5.64. The van der Waals surface area contributed by atoms with Gasteiger partial charge >= 0.3 is 5.97 Å². The molecule has 1 aromatic carbocycles. The molecule has 0 N–H and O–H groups in total. The summed E-state index contributed by atoms with van der Waals surface area (Å²) in [6.07, 6.45) is 8.07. The molecule has 3 saturated heterocycles. The number of rotatable bonds is 3. The zero-order valence-electron chi connectivity index (χ0n) is 10.7. The van der Waals surface area contributed by atoms with Crippen LogP contribution < -0.4 is 0 Å². The summed E-state index contributed by atoms with van der Waals surface area (Å²) < 4.78 is 17.5. The Morgan fingerprint density at radius 2 is 1.74 bits per heavy atom. The van der Waals surface area contributed by atoms with E-state index in [0.29, 0.717) is 19.8 Å². The van der Waals surface area contributed by atoms with Gasteiger partial charge in [-0.05, 0) is 30.7 Å². The van der Waals surface area contributed by atoms with Gasteiger partial charge in [-0.2, -0.15) is 0 Å². The van der Waals surface area contributed by atoms with Gasteiger partial charge in [0, 0.05) is 16.5 Å². The summed E-state index contributed by atoms with van der Waals surface area (Å²) in [7, 11) is 0. The molecule has 3 aliphatic rings. The van der Waals surface area contributed by atoms with Gasteiger partial charge in [-0.25, -0.2) is 0 Å². The topological polar surface area (TPSA) is 27.7 Å². The maximum atomic E-state index is 5.84. The highest BCUT2D eigenvalue weighted by molar-refractivity contribution is 5.35. The monoisotopic (exact) mass is 256 g/mol. The van der Waals surface area contributed by atoms with E-state index in [1.807, 2.05) is 30.3 Å². The van der Waals surface area contributed by atoms with Crippen LogP contribution in [-0.4, -0.2) is 19.8 Å². The van der Waals surface area contributed by atoms with Crippen molar-refractivity contribution in [2.45, 2.75) is 12.4 Å². The van der Waals surface area contributed by atoms with Crippen molar-refractivity contribution in [3.05, 3.63) is 48.0 Å². The van der Waals surface area contributed by atoms with E-state index in [4.69, 9.17) is 20.6 Å². The lowest BCUT2D eigenvalue weighted by atomic mass is 9.85. The molecule has 0 amide bonds. The highest BCUT2D eigenvalue weighted by atomic mass is 16.9. The molecule has 98 valence electrons. The van der Waals surface area contributed by atoms with Crippen LogP contribution in [0.2, 0.25) is 0 Å². The van der Waals surface area contributed by atoms with Crippen LogP contribution in [0.15, 0.2) is 36.9 Å². The van der Waals surface area contributed by atoms with Gasteiger partial charge in [0.15, 0.2) is 0 Å². The highest BCUT2D eigenvalue weighted by Crippen LogP contribution is 2.45. The van der Waals surface area contributed by atoms with Gasteiger partial charge in [-0.3, -0.25) is 0 Å². The second kappa shape index (κ2) is 4.50. The fourth-order valence-electron chi connectivity index (χ4n) is 2.50. The Kier molecular flexibility index (Phi) is 2.94. The first-order chi connectivity index (χ1) is 9.22. The Hall–Kier alpha value is -1.60. The average molecular weight is 256 g/mol. The van der Waals surface area contributed by atoms with Crippen molar-refractivity contribution >= 4 is 0 Å². The van der Waals surface area contributed by atoms with Crippen molar-refractivity contribution in [2.24, 2.45) is 5.41 Å². The number of hydrogen-bond acceptors (Lipinski definition) is 3. The highest BCUT2D eigenvalue weighted by Gasteiger charge is 2.53. The number of ether oxygens (including phenoxy) is 3. The van der Waals surface area contributed by atoms with Crippen LogP contribution in [0.3, 0.4) is 0 Å². The predicted molar refractivity (Wildman–Crippen MR) is 71.2 cm³/mol. The van der Waals surface area contributed by atoms with E-state index in [0.717, 1.165) is 17.5 Å². The van der Waals surface area contributed by atoms with Crippen LogP contribution in [0.5, 0.6) is 0 Å². The summed E-state index contributed by atoms with van der Waals surface area (Å²) in [4.78, 5) is 0. The van der Waals surface area contributed by atoms with Crippen LogP contribution in [0.1, 0.15) is 17.5 Å². The Morgan fingerprint density at radius 1 is 1.16 bits per heavy atom. The second-order valence-electron chi connectivity index (χ2n) is 5.14. The zero-order valence-corrected chi connectivity index (χ0v) is 10.7.